The van der Waals surface area contributed by atoms with Crippen molar-refractivity contribution in [2.24, 2.45) is 0 Å². The summed E-state index contributed by atoms with van der Waals surface area (Å²) in [5.74, 6) is 0.996. The van der Waals surface area contributed by atoms with Gasteiger partial charge in [0.05, 0.1) is 6.61 Å². The van der Waals surface area contributed by atoms with Gasteiger partial charge in [0.2, 0.25) is 0 Å². The molecule has 0 atom stereocenters. The van der Waals surface area contributed by atoms with E-state index in [4.69, 9.17) is 4.74 Å². The van der Waals surface area contributed by atoms with Gasteiger partial charge in [-0.2, -0.15) is 0 Å². The Hall–Kier alpha value is 0.396. The van der Waals surface area contributed by atoms with Crippen molar-refractivity contribution in [2.75, 3.05) is 6.61 Å². The second-order valence-electron chi connectivity index (χ2n) is 7.10. The van der Waals surface area contributed by atoms with Crippen molar-refractivity contribution in [2.45, 2.75) is 96.8 Å². The van der Waals surface area contributed by atoms with E-state index in [1.54, 1.807) is 0 Å². The fraction of sp³-hybridized carbons (Fsp3) is 0.667. The van der Waals surface area contributed by atoms with E-state index in [1.165, 1.54) is 89.9 Å². The normalized spacial score (nSPS) is 10.8. The molecule has 0 unspecified atom stereocenters. The van der Waals surface area contributed by atoms with Gasteiger partial charge in [0.25, 0.3) is 0 Å². The fourth-order valence-corrected chi connectivity index (χ4v) is 3.06. The van der Waals surface area contributed by atoms with Gasteiger partial charge >= 0.3 is 0 Å². The monoisotopic (exact) mass is 383 g/mol. The van der Waals surface area contributed by atoms with Crippen LogP contribution in [0.5, 0.6) is 5.75 Å². The van der Waals surface area contributed by atoms with Crippen LogP contribution in [0.25, 0.3) is 0 Å². The Balaban J connectivity index is 0.00000625. The van der Waals surface area contributed by atoms with Gasteiger partial charge in [0, 0.05) is 51.4 Å². The Morgan fingerprint density at radius 3 is 1.73 bits per heavy atom. The summed E-state index contributed by atoms with van der Waals surface area (Å²) < 4.78 is 5.72. The third-order valence-corrected chi connectivity index (χ3v) is 4.67. The molecule has 0 aromatic heterocycles. The summed E-state index contributed by atoms with van der Waals surface area (Å²) in [4.78, 5) is 0. The minimum atomic E-state index is 0. The van der Waals surface area contributed by atoms with Crippen LogP contribution in [0.4, 0.5) is 0 Å². The van der Waals surface area contributed by atoms with Crippen LogP contribution in [0.2, 0.25) is 0 Å². The van der Waals surface area contributed by atoms with Crippen molar-refractivity contribution in [3.63, 3.8) is 0 Å². The predicted octanol–water partition coefficient (Wildman–Crippen LogP) is 7.72. The first kappa shape index (κ1) is 26.4. The first-order valence-electron chi connectivity index (χ1n) is 10.8. The van der Waals surface area contributed by atoms with Crippen LogP contribution in [0.3, 0.4) is 0 Å². The van der Waals surface area contributed by atoms with Gasteiger partial charge in [-0.3, -0.25) is 0 Å². The molecule has 143 valence electrons. The molecule has 0 aliphatic rings. The molecule has 0 aliphatic heterocycles. The van der Waals surface area contributed by atoms with Gasteiger partial charge in [0.1, 0.15) is 5.75 Å². The number of ether oxygens (including phenoxy) is 1. The van der Waals surface area contributed by atoms with Crippen LogP contribution in [0.1, 0.15) is 96.8 Å². The van der Waals surface area contributed by atoms with Crippen molar-refractivity contribution in [3.8, 4) is 5.75 Å². The van der Waals surface area contributed by atoms with E-state index in [0.29, 0.717) is 0 Å². The number of allylic oxidation sites excluding steroid dienone is 2. The maximum absolute atomic E-state index is 5.72. The summed E-state index contributed by atoms with van der Waals surface area (Å²) >= 11 is 0. The molecule has 1 aromatic rings. The van der Waals surface area contributed by atoms with Gasteiger partial charge in [-0.25, -0.2) is 0 Å². The summed E-state index contributed by atoms with van der Waals surface area (Å²) in [6.07, 6.45) is 23.7. The van der Waals surface area contributed by atoms with E-state index in [9.17, 15) is 0 Å². The number of hydrogen-bond donors (Lipinski definition) is 0. The molecule has 1 aromatic carbocycles. The molecule has 2 heteroatoms. The van der Waals surface area contributed by atoms with Crippen molar-refractivity contribution in [1.82, 2.24) is 0 Å². The molecule has 1 nitrogen and oxygen atoms in total. The van der Waals surface area contributed by atoms with E-state index < -0.39 is 0 Å². The maximum atomic E-state index is 5.72. The Kier molecular flexibility index (Phi) is 22.0. The van der Waals surface area contributed by atoms with Gasteiger partial charge in [-0.1, -0.05) is 95.1 Å². The zero-order chi connectivity index (χ0) is 17.8. The second-order valence-corrected chi connectivity index (χ2v) is 7.10. The average molecular weight is 384 g/mol. The molecule has 0 heterocycles. The molecule has 0 spiro atoms. The molecule has 1 rings (SSSR count). The van der Waals surface area contributed by atoms with Gasteiger partial charge in [-0.15, -0.1) is 0 Å². The first-order chi connectivity index (χ1) is 12.4. The molecule has 0 amide bonds. The van der Waals surface area contributed by atoms with E-state index in [2.05, 4.69) is 19.1 Å². The van der Waals surface area contributed by atoms with Crippen molar-refractivity contribution >= 4 is 51.4 Å². The Labute approximate surface area is 205 Å². The van der Waals surface area contributed by atoms with Gasteiger partial charge in [-0.05, 0) is 44.2 Å². The van der Waals surface area contributed by atoms with Crippen LogP contribution in [-0.4, -0.2) is 58.0 Å². The molecule has 0 aliphatic carbocycles. The van der Waals surface area contributed by atoms with Crippen molar-refractivity contribution < 1.29 is 4.74 Å². The summed E-state index contributed by atoms with van der Waals surface area (Å²) in [5.41, 5.74) is 0. The minimum Gasteiger partial charge on any atom is -0.494 e. The quantitative estimate of drug-likeness (QED) is 0.152. The van der Waals surface area contributed by atoms with Crippen LogP contribution in [-0.2, 0) is 0 Å². The number of unbranched alkanes of at least 4 members (excludes halogenated alkanes) is 12. The molecular formula is C24H40KO. The zero-order valence-electron chi connectivity index (χ0n) is 17.6. The number of rotatable bonds is 17. The van der Waals surface area contributed by atoms with E-state index in [0.717, 1.165) is 12.4 Å². The Bertz CT molecular complexity index is 402. The second kappa shape index (κ2) is 21.7. The van der Waals surface area contributed by atoms with E-state index in [-0.39, 0.29) is 51.4 Å². The molecular weight excluding hydrogens is 343 g/mol. The van der Waals surface area contributed by atoms with E-state index >= 15 is 0 Å². The van der Waals surface area contributed by atoms with Crippen molar-refractivity contribution in [3.05, 3.63) is 42.5 Å². The van der Waals surface area contributed by atoms with E-state index in [1.807, 2.05) is 30.3 Å². The molecule has 0 saturated heterocycles. The van der Waals surface area contributed by atoms with Crippen LogP contribution in [0.15, 0.2) is 42.5 Å². The van der Waals surface area contributed by atoms with Gasteiger partial charge < -0.3 is 4.74 Å². The maximum Gasteiger partial charge on any atom is 0.119 e. The predicted molar refractivity (Wildman–Crippen MR) is 117 cm³/mol. The average Bonchev–Trinajstić information content (AvgIpc) is 2.65. The van der Waals surface area contributed by atoms with Gasteiger partial charge in [0.15, 0.2) is 0 Å². The zero-order valence-corrected chi connectivity index (χ0v) is 20.7. The topological polar surface area (TPSA) is 9.23 Å². The smallest absolute Gasteiger partial charge is 0.119 e. The number of benzene rings is 1. The number of para-hydroxylation sites is 1. The SMILES string of the molecule is CCCCCCCCC=CCCCCCCCCOc1ccccc1.[K]. The van der Waals surface area contributed by atoms with Crippen molar-refractivity contribution in [1.29, 1.82) is 0 Å². The largest absolute Gasteiger partial charge is 0.494 e. The number of hydrogen-bond acceptors (Lipinski definition) is 1. The Morgan fingerprint density at radius 2 is 1.15 bits per heavy atom. The first-order valence-corrected chi connectivity index (χ1v) is 10.8. The molecule has 0 fully saturated rings. The summed E-state index contributed by atoms with van der Waals surface area (Å²) in [6, 6.07) is 10.1. The molecule has 26 heavy (non-hydrogen) atoms. The molecule has 0 bridgehead atoms. The third kappa shape index (κ3) is 17.8. The summed E-state index contributed by atoms with van der Waals surface area (Å²) in [5, 5.41) is 0. The Morgan fingerprint density at radius 1 is 0.654 bits per heavy atom. The third-order valence-electron chi connectivity index (χ3n) is 4.67. The van der Waals surface area contributed by atoms with Crippen LogP contribution >= 0.6 is 0 Å². The van der Waals surface area contributed by atoms with Crippen LogP contribution in [0, 0.1) is 0 Å². The summed E-state index contributed by atoms with van der Waals surface area (Å²) in [7, 11) is 0. The van der Waals surface area contributed by atoms with Crippen LogP contribution < -0.4 is 4.74 Å². The molecule has 1 radical (unpaired) electrons. The molecule has 0 N–H and O–H groups in total. The fourth-order valence-electron chi connectivity index (χ4n) is 3.06. The minimum absolute atomic E-state index is 0. The molecule has 0 saturated carbocycles. The standard InChI is InChI=1S/C24H40O.K/c1-2-3-4-5-6-7-8-9-10-11-12-13-14-15-16-20-23-25-24-21-18-17-19-22-24;/h9-10,17-19,21-22H,2-8,11-16,20,23H2,1H3;. The summed E-state index contributed by atoms with van der Waals surface area (Å²) in [6.45, 7) is 3.13.